The molecule has 5 nitrogen and oxygen atoms in total. The van der Waals surface area contributed by atoms with Crippen LogP contribution in [0.25, 0.3) is 28.2 Å². The zero-order chi connectivity index (χ0) is 22.0. The Hall–Kier alpha value is -3.06. The number of H-pyrrole nitrogens is 1. The van der Waals surface area contributed by atoms with Crippen LogP contribution in [-0.4, -0.2) is 32.3 Å². The maximum absolute atomic E-state index is 15.2. The second-order valence-electron chi connectivity index (χ2n) is 7.73. The van der Waals surface area contributed by atoms with E-state index >= 15 is 8.78 Å². The highest BCUT2D eigenvalue weighted by molar-refractivity contribution is 5.72. The van der Waals surface area contributed by atoms with Crippen molar-refractivity contribution in [3.63, 3.8) is 0 Å². The summed E-state index contributed by atoms with van der Waals surface area (Å²) >= 11 is 0. The van der Waals surface area contributed by atoms with Crippen molar-refractivity contribution in [2.24, 2.45) is 0 Å². The van der Waals surface area contributed by atoms with Gasteiger partial charge in [-0.25, -0.2) is 13.8 Å². The fourth-order valence-corrected chi connectivity index (χ4v) is 3.79. The van der Waals surface area contributed by atoms with Crippen LogP contribution in [0.4, 0.5) is 8.78 Å². The SMILES string of the molecule is CCCOC(CC)Cc1c(-c2c(F)cc(-c3ccn[nH]3)cc2F)nc2cc(C)ccn12. The molecule has 0 amide bonds. The molecule has 0 saturated carbocycles. The molecule has 3 aromatic heterocycles. The monoisotopic (exact) mass is 424 g/mol. The van der Waals surface area contributed by atoms with Gasteiger partial charge in [0, 0.05) is 31.0 Å². The van der Waals surface area contributed by atoms with Gasteiger partial charge in [0.1, 0.15) is 17.3 Å². The molecule has 0 aliphatic heterocycles. The smallest absolute Gasteiger partial charge is 0.137 e. The minimum atomic E-state index is -0.659. The van der Waals surface area contributed by atoms with E-state index < -0.39 is 11.6 Å². The summed E-state index contributed by atoms with van der Waals surface area (Å²) in [4.78, 5) is 4.63. The third kappa shape index (κ3) is 4.23. The Morgan fingerprint density at radius 3 is 2.55 bits per heavy atom. The van der Waals surface area contributed by atoms with Gasteiger partial charge in [0.2, 0.25) is 0 Å². The van der Waals surface area contributed by atoms with Crippen LogP contribution >= 0.6 is 0 Å². The predicted molar refractivity (Wildman–Crippen MR) is 117 cm³/mol. The van der Waals surface area contributed by atoms with Crippen molar-refractivity contribution in [3.05, 3.63) is 65.6 Å². The highest BCUT2D eigenvalue weighted by Gasteiger charge is 2.24. The normalized spacial score (nSPS) is 12.5. The zero-order valence-corrected chi connectivity index (χ0v) is 18.0. The first-order valence-electron chi connectivity index (χ1n) is 10.6. The third-order valence-electron chi connectivity index (χ3n) is 5.41. The minimum Gasteiger partial charge on any atom is -0.378 e. The number of benzene rings is 1. The van der Waals surface area contributed by atoms with Crippen LogP contribution < -0.4 is 0 Å². The lowest BCUT2D eigenvalue weighted by Crippen LogP contribution is -2.17. The summed E-state index contributed by atoms with van der Waals surface area (Å²) in [6.07, 6.45) is 5.60. The van der Waals surface area contributed by atoms with Crippen molar-refractivity contribution in [2.75, 3.05) is 6.61 Å². The van der Waals surface area contributed by atoms with E-state index in [0.29, 0.717) is 35.6 Å². The first-order chi connectivity index (χ1) is 15.0. The number of halogens is 2. The number of rotatable bonds is 8. The lowest BCUT2D eigenvalue weighted by atomic mass is 10.0. The summed E-state index contributed by atoms with van der Waals surface area (Å²) in [7, 11) is 0. The molecule has 1 aromatic carbocycles. The second kappa shape index (κ2) is 8.98. The fourth-order valence-electron chi connectivity index (χ4n) is 3.79. The molecular formula is C24H26F2N4O. The van der Waals surface area contributed by atoms with Gasteiger partial charge >= 0.3 is 0 Å². The molecule has 0 aliphatic carbocycles. The summed E-state index contributed by atoms with van der Waals surface area (Å²) in [5, 5.41) is 6.60. The van der Waals surface area contributed by atoms with E-state index in [2.05, 4.69) is 22.1 Å². The fraction of sp³-hybridized carbons (Fsp3) is 0.333. The van der Waals surface area contributed by atoms with Crippen LogP contribution in [0.3, 0.4) is 0 Å². The highest BCUT2D eigenvalue weighted by Crippen LogP contribution is 2.33. The average Bonchev–Trinajstić information content (AvgIpc) is 3.39. The van der Waals surface area contributed by atoms with Gasteiger partial charge in [0.05, 0.1) is 28.7 Å². The van der Waals surface area contributed by atoms with Crippen LogP contribution in [0.2, 0.25) is 0 Å². The molecule has 31 heavy (non-hydrogen) atoms. The van der Waals surface area contributed by atoms with Crippen LogP contribution in [0, 0.1) is 18.6 Å². The standard InChI is InChI=1S/C24H26F2N4O/c1-4-10-31-17(5-2)14-21-24(28-22-11-15(3)7-9-30(21)22)23-18(25)12-16(13-19(23)26)20-6-8-27-29-20/h6-9,11-13,17H,4-5,10,14H2,1-3H3,(H,27,29). The largest absolute Gasteiger partial charge is 0.378 e. The Kier molecular flexibility index (Phi) is 6.13. The van der Waals surface area contributed by atoms with Crippen LogP contribution in [0.5, 0.6) is 0 Å². The van der Waals surface area contributed by atoms with Crippen LogP contribution in [-0.2, 0) is 11.2 Å². The molecule has 162 valence electrons. The van der Waals surface area contributed by atoms with Gasteiger partial charge in [-0.2, -0.15) is 5.10 Å². The number of aryl methyl sites for hydroxylation is 1. The lowest BCUT2D eigenvalue weighted by Gasteiger charge is -2.17. The number of nitrogens with zero attached hydrogens (tertiary/aromatic N) is 3. The summed E-state index contributed by atoms with van der Waals surface area (Å²) in [5.74, 6) is -1.32. The van der Waals surface area contributed by atoms with E-state index in [1.54, 1.807) is 12.3 Å². The summed E-state index contributed by atoms with van der Waals surface area (Å²) in [6.45, 7) is 6.72. The molecule has 1 atom stereocenters. The van der Waals surface area contributed by atoms with Gasteiger partial charge in [0.15, 0.2) is 0 Å². The molecule has 1 unspecified atom stereocenters. The first-order valence-corrected chi connectivity index (χ1v) is 10.6. The quantitative estimate of drug-likeness (QED) is 0.393. The number of pyridine rings is 1. The molecule has 4 rings (SSSR count). The van der Waals surface area contributed by atoms with Crippen LogP contribution in [0.15, 0.2) is 42.7 Å². The number of hydrogen-bond donors (Lipinski definition) is 1. The number of imidazole rings is 1. The van der Waals surface area contributed by atoms with Crippen molar-refractivity contribution in [3.8, 4) is 22.5 Å². The Balaban J connectivity index is 1.85. The second-order valence-corrected chi connectivity index (χ2v) is 7.73. The Bertz CT molecular complexity index is 1160. The van der Waals surface area contributed by atoms with E-state index in [1.165, 1.54) is 12.1 Å². The van der Waals surface area contributed by atoms with Gasteiger partial charge in [-0.05, 0) is 55.7 Å². The van der Waals surface area contributed by atoms with Crippen molar-refractivity contribution >= 4 is 5.65 Å². The minimum absolute atomic E-state index is 0.0599. The van der Waals surface area contributed by atoms with Crippen molar-refractivity contribution < 1.29 is 13.5 Å². The average molecular weight is 424 g/mol. The Labute approximate surface area is 180 Å². The highest BCUT2D eigenvalue weighted by atomic mass is 19.1. The molecule has 4 aromatic rings. The Morgan fingerprint density at radius 2 is 1.90 bits per heavy atom. The molecule has 1 N–H and O–H groups in total. The van der Waals surface area contributed by atoms with Crippen LogP contribution in [0.1, 0.15) is 37.9 Å². The van der Waals surface area contributed by atoms with Gasteiger partial charge < -0.3 is 9.14 Å². The molecule has 0 bridgehead atoms. The number of aromatic nitrogens is 4. The molecule has 7 heteroatoms. The lowest BCUT2D eigenvalue weighted by molar-refractivity contribution is 0.0508. The van der Waals surface area contributed by atoms with Gasteiger partial charge in [-0.3, -0.25) is 5.10 Å². The van der Waals surface area contributed by atoms with Gasteiger partial charge in [0.25, 0.3) is 0 Å². The molecule has 0 saturated heterocycles. The molecule has 0 fully saturated rings. The number of fused-ring (bicyclic) bond motifs is 1. The number of nitrogens with one attached hydrogen (secondary N) is 1. The third-order valence-corrected chi connectivity index (χ3v) is 5.41. The summed E-state index contributed by atoms with van der Waals surface area (Å²) < 4.78 is 38.4. The number of ether oxygens (including phenoxy) is 1. The molecule has 3 heterocycles. The number of aromatic amines is 1. The van der Waals surface area contributed by atoms with E-state index in [-0.39, 0.29) is 11.7 Å². The van der Waals surface area contributed by atoms with E-state index in [0.717, 1.165) is 24.1 Å². The molecule has 0 radical (unpaired) electrons. The van der Waals surface area contributed by atoms with E-state index in [1.807, 2.05) is 36.6 Å². The van der Waals surface area contributed by atoms with E-state index in [4.69, 9.17) is 4.74 Å². The summed E-state index contributed by atoms with van der Waals surface area (Å²) in [6, 6.07) is 8.18. The Morgan fingerprint density at radius 1 is 1.13 bits per heavy atom. The topological polar surface area (TPSA) is 55.2 Å². The predicted octanol–water partition coefficient (Wildman–Crippen LogP) is 5.73. The maximum Gasteiger partial charge on any atom is 0.137 e. The van der Waals surface area contributed by atoms with Gasteiger partial charge in [-0.1, -0.05) is 13.8 Å². The zero-order valence-electron chi connectivity index (χ0n) is 18.0. The number of hydrogen-bond acceptors (Lipinski definition) is 3. The first kappa shape index (κ1) is 21.2. The van der Waals surface area contributed by atoms with Crippen molar-refractivity contribution in [2.45, 2.75) is 46.1 Å². The van der Waals surface area contributed by atoms with Crippen molar-refractivity contribution in [1.29, 1.82) is 0 Å². The van der Waals surface area contributed by atoms with Gasteiger partial charge in [-0.15, -0.1) is 0 Å². The van der Waals surface area contributed by atoms with E-state index in [9.17, 15) is 0 Å². The molecule has 0 aliphatic rings. The molecule has 0 spiro atoms. The molecular weight excluding hydrogens is 398 g/mol. The van der Waals surface area contributed by atoms with Crippen molar-refractivity contribution in [1.82, 2.24) is 19.6 Å². The summed E-state index contributed by atoms with van der Waals surface area (Å²) in [5.41, 5.74) is 3.57. The maximum atomic E-state index is 15.2.